The van der Waals surface area contributed by atoms with E-state index in [1.807, 2.05) is 0 Å². The Morgan fingerprint density at radius 3 is 2.50 bits per heavy atom. The zero-order chi connectivity index (χ0) is 14.4. The summed E-state index contributed by atoms with van der Waals surface area (Å²) in [6, 6.07) is 6.40. The second-order valence-electron chi connectivity index (χ2n) is 6.24. The van der Waals surface area contributed by atoms with Crippen LogP contribution in [0.4, 0.5) is 0 Å². The summed E-state index contributed by atoms with van der Waals surface area (Å²) in [5.41, 5.74) is 2.57. The minimum Gasteiger partial charge on any atom is -0.496 e. The average molecular weight is 275 g/mol. The van der Waals surface area contributed by atoms with Crippen LogP contribution in [0.2, 0.25) is 0 Å². The van der Waals surface area contributed by atoms with Crippen LogP contribution < -0.4 is 10.1 Å². The Labute approximate surface area is 123 Å². The minimum absolute atomic E-state index is 0.869. The van der Waals surface area contributed by atoms with Crippen molar-refractivity contribution in [3.8, 4) is 5.75 Å². The van der Waals surface area contributed by atoms with Crippen molar-refractivity contribution in [1.29, 1.82) is 0 Å². The Bertz CT molecular complexity index is 408. The van der Waals surface area contributed by atoms with Crippen LogP contribution in [0.3, 0.4) is 0 Å². The largest absolute Gasteiger partial charge is 0.496 e. The van der Waals surface area contributed by atoms with Gasteiger partial charge in [0.05, 0.1) is 7.11 Å². The maximum atomic E-state index is 5.43. The molecule has 1 fully saturated rings. The molecule has 1 aliphatic rings. The Hall–Kier alpha value is -1.02. The molecule has 2 heteroatoms. The van der Waals surface area contributed by atoms with Gasteiger partial charge in [-0.1, -0.05) is 43.9 Å². The van der Waals surface area contributed by atoms with Gasteiger partial charge in [-0.05, 0) is 44.2 Å². The first-order chi connectivity index (χ1) is 9.72. The molecular formula is C18H29NO. The van der Waals surface area contributed by atoms with Gasteiger partial charge in [0.1, 0.15) is 5.75 Å². The third-order valence-corrected chi connectivity index (χ3v) is 4.73. The van der Waals surface area contributed by atoms with Gasteiger partial charge in [-0.25, -0.2) is 0 Å². The zero-order valence-corrected chi connectivity index (χ0v) is 13.2. The number of methoxy groups -OCH3 is 1. The van der Waals surface area contributed by atoms with Gasteiger partial charge in [-0.2, -0.15) is 0 Å². The van der Waals surface area contributed by atoms with E-state index in [0.29, 0.717) is 0 Å². The highest BCUT2D eigenvalue weighted by Gasteiger charge is 2.19. The summed E-state index contributed by atoms with van der Waals surface area (Å²) in [5.74, 6) is 2.86. The molecule has 0 aromatic heterocycles. The highest BCUT2D eigenvalue weighted by molar-refractivity contribution is 5.36. The van der Waals surface area contributed by atoms with E-state index >= 15 is 0 Å². The van der Waals surface area contributed by atoms with E-state index in [-0.39, 0.29) is 0 Å². The van der Waals surface area contributed by atoms with Gasteiger partial charge in [0.25, 0.3) is 0 Å². The van der Waals surface area contributed by atoms with Gasteiger partial charge in [0.15, 0.2) is 0 Å². The number of hydrogen-bond acceptors (Lipinski definition) is 2. The predicted molar refractivity (Wildman–Crippen MR) is 85.2 cm³/mol. The first kappa shape index (κ1) is 15.4. The molecule has 2 rings (SSSR count). The van der Waals surface area contributed by atoms with Crippen molar-refractivity contribution in [3.63, 3.8) is 0 Å². The Balaban J connectivity index is 1.77. The topological polar surface area (TPSA) is 21.3 Å². The fraction of sp³-hybridized carbons (Fsp3) is 0.667. The zero-order valence-electron chi connectivity index (χ0n) is 13.2. The SMILES string of the molecule is CCC1CCC(CNCc2cc(C)ccc2OC)CC1. The lowest BCUT2D eigenvalue weighted by Crippen LogP contribution is -2.26. The van der Waals surface area contributed by atoms with Crippen LogP contribution in [-0.2, 0) is 6.54 Å². The van der Waals surface area contributed by atoms with Crippen molar-refractivity contribution in [1.82, 2.24) is 5.32 Å². The molecule has 0 heterocycles. The molecule has 0 amide bonds. The van der Waals surface area contributed by atoms with E-state index in [2.05, 4.69) is 37.4 Å². The van der Waals surface area contributed by atoms with Gasteiger partial charge in [-0.15, -0.1) is 0 Å². The van der Waals surface area contributed by atoms with Crippen molar-refractivity contribution >= 4 is 0 Å². The Morgan fingerprint density at radius 1 is 1.15 bits per heavy atom. The second kappa shape index (κ2) is 7.68. The molecule has 1 aliphatic carbocycles. The van der Waals surface area contributed by atoms with Gasteiger partial charge < -0.3 is 10.1 Å². The maximum Gasteiger partial charge on any atom is 0.123 e. The number of rotatable bonds is 6. The summed E-state index contributed by atoms with van der Waals surface area (Å²) in [7, 11) is 1.75. The minimum atomic E-state index is 0.869. The molecule has 0 spiro atoms. The number of hydrogen-bond donors (Lipinski definition) is 1. The van der Waals surface area contributed by atoms with Gasteiger partial charge in [0, 0.05) is 12.1 Å². The summed E-state index contributed by atoms with van der Waals surface area (Å²) < 4.78 is 5.43. The number of ether oxygens (including phenoxy) is 1. The molecule has 0 bridgehead atoms. The molecule has 1 saturated carbocycles. The molecule has 0 saturated heterocycles. The second-order valence-corrected chi connectivity index (χ2v) is 6.24. The number of aryl methyl sites for hydroxylation is 1. The highest BCUT2D eigenvalue weighted by atomic mass is 16.5. The standard InChI is InChI=1S/C18H29NO/c1-4-15-6-8-16(9-7-15)12-19-13-17-11-14(2)5-10-18(17)20-3/h5,10-11,15-16,19H,4,6-9,12-13H2,1-3H3. The molecule has 1 N–H and O–H groups in total. The summed E-state index contributed by atoms with van der Waals surface area (Å²) >= 11 is 0. The van der Waals surface area contributed by atoms with E-state index in [0.717, 1.165) is 30.7 Å². The molecule has 20 heavy (non-hydrogen) atoms. The maximum absolute atomic E-state index is 5.43. The van der Waals surface area contributed by atoms with Crippen molar-refractivity contribution in [2.45, 2.75) is 52.5 Å². The fourth-order valence-electron chi connectivity index (χ4n) is 3.30. The normalized spacial score (nSPS) is 22.8. The van der Waals surface area contributed by atoms with Crippen LogP contribution in [0.1, 0.15) is 50.2 Å². The fourth-order valence-corrected chi connectivity index (χ4v) is 3.30. The van der Waals surface area contributed by atoms with Crippen molar-refractivity contribution in [3.05, 3.63) is 29.3 Å². The third kappa shape index (κ3) is 4.24. The van der Waals surface area contributed by atoms with Crippen LogP contribution in [0.25, 0.3) is 0 Å². The quantitative estimate of drug-likeness (QED) is 0.835. The lowest BCUT2D eigenvalue weighted by molar-refractivity contribution is 0.262. The summed E-state index contributed by atoms with van der Waals surface area (Å²) in [4.78, 5) is 0. The summed E-state index contributed by atoms with van der Waals surface area (Å²) in [5, 5.41) is 3.63. The number of nitrogens with one attached hydrogen (secondary N) is 1. The monoisotopic (exact) mass is 275 g/mol. The van der Waals surface area contributed by atoms with Crippen molar-refractivity contribution < 1.29 is 4.74 Å². The van der Waals surface area contributed by atoms with Crippen LogP contribution in [0, 0.1) is 18.8 Å². The first-order valence-electron chi connectivity index (χ1n) is 8.07. The van der Waals surface area contributed by atoms with Gasteiger partial charge in [-0.3, -0.25) is 0 Å². The molecule has 1 aromatic rings. The smallest absolute Gasteiger partial charge is 0.123 e. The molecule has 1 aromatic carbocycles. The van der Waals surface area contributed by atoms with E-state index in [4.69, 9.17) is 4.74 Å². The van der Waals surface area contributed by atoms with Crippen LogP contribution >= 0.6 is 0 Å². The molecule has 0 unspecified atom stereocenters. The lowest BCUT2D eigenvalue weighted by Gasteiger charge is -2.28. The van der Waals surface area contributed by atoms with E-state index in [1.54, 1.807) is 7.11 Å². The predicted octanol–water partition coefficient (Wildman–Crippen LogP) is 4.31. The molecule has 0 radical (unpaired) electrons. The molecule has 0 atom stereocenters. The summed E-state index contributed by atoms with van der Waals surface area (Å²) in [6.07, 6.45) is 7.01. The van der Waals surface area contributed by atoms with Crippen LogP contribution in [0.15, 0.2) is 18.2 Å². The molecule has 0 aliphatic heterocycles. The van der Waals surface area contributed by atoms with Crippen molar-refractivity contribution in [2.75, 3.05) is 13.7 Å². The van der Waals surface area contributed by atoms with Gasteiger partial charge in [0.2, 0.25) is 0 Å². The Kier molecular flexibility index (Phi) is 5.90. The van der Waals surface area contributed by atoms with E-state index < -0.39 is 0 Å². The Morgan fingerprint density at radius 2 is 1.85 bits per heavy atom. The highest BCUT2D eigenvalue weighted by Crippen LogP contribution is 2.30. The first-order valence-corrected chi connectivity index (χ1v) is 8.07. The number of benzene rings is 1. The average Bonchev–Trinajstić information content (AvgIpc) is 2.48. The molecular weight excluding hydrogens is 246 g/mol. The molecule has 112 valence electrons. The van der Waals surface area contributed by atoms with Crippen LogP contribution in [-0.4, -0.2) is 13.7 Å². The van der Waals surface area contributed by atoms with E-state index in [9.17, 15) is 0 Å². The van der Waals surface area contributed by atoms with Gasteiger partial charge >= 0.3 is 0 Å². The lowest BCUT2D eigenvalue weighted by atomic mass is 9.81. The van der Waals surface area contributed by atoms with Crippen molar-refractivity contribution in [2.24, 2.45) is 11.8 Å². The molecule has 2 nitrogen and oxygen atoms in total. The third-order valence-electron chi connectivity index (χ3n) is 4.73. The van der Waals surface area contributed by atoms with E-state index in [1.165, 1.54) is 43.2 Å². The van der Waals surface area contributed by atoms with Crippen LogP contribution in [0.5, 0.6) is 5.75 Å². The summed E-state index contributed by atoms with van der Waals surface area (Å²) in [6.45, 7) is 6.52.